The van der Waals surface area contributed by atoms with Crippen LogP contribution in [0.4, 0.5) is 5.13 Å². The Labute approximate surface area is 167 Å². The Morgan fingerprint density at radius 1 is 1.07 bits per heavy atom. The van der Waals surface area contributed by atoms with E-state index in [0.29, 0.717) is 27.7 Å². The molecule has 1 N–H and O–H groups in total. The summed E-state index contributed by atoms with van der Waals surface area (Å²) in [6.07, 6.45) is -0.140. The third-order valence-corrected chi connectivity index (χ3v) is 6.61. The van der Waals surface area contributed by atoms with Crippen molar-refractivity contribution in [3.63, 3.8) is 0 Å². The molecule has 3 aromatic rings. The van der Waals surface area contributed by atoms with E-state index in [1.807, 2.05) is 6.07 Å². The smallest absolute Gasteiger partial charge is 0.227 e. The standard InChI is InChI=1S/C19H20N2O5S2/c1-25-14-8-9-15(26-2)18-17(14)21-19(27-18)20-16(22)10-11-28(23,24)12-13-6-4-3-5-7-13/h3-9H,10-12H2,1-2H3,(H,20,21,22). The normalized spacial score (nSPS) is 11.4. The van der Waals surface area contributed by atoms with Gasteiger partial charge in [0.25, 0.3) is 0 Å². The van der Waals surface area contributed by atoms with Crippen molar-refractivity contribution in [1.82, 2.24) is 4.98 Å². The Morgan fingerprint density at radius 2 is 1.75 bits per heavy atom. The van der Waals surface area contributed by atoms with Crippen LogP contribution in [0.2, 0.25) is 0 Å². The highest BCUT2D eigenvalue weighted by atomic mass is 32.2. The molecule has 2 aromatic carbocycles. The van der Waals surface area contributed by atoms with E-state index in [2.05, 4.69) is 10.3 Å². The molecule has 148 valence electrons. The lowest BCUT2D eigenvalue weighted by atomic mass is 10.2. The number of anilines is 1. The number of benzene rings is 2. The minimum absolute atomic E-state index is 0.0867. The van der Waals surface area contributed by atoms with Crippen molar-refractivity contribution >= 4 is 42.4 Å². The fourth-order valence-corrected chi connectivity index (χ4v) is 5.00. The van der Waals surface area contributed by atoms with Crippen LogP contribution in [0.1, 0.15) is 12.0 Å². The minimum atomic E-state index is -3.39. The monoisotopic (exact) mass is 420 g/mol. The van der Waals surface area contributed by atoms with Gasteiger partial charge in [0.1, 0.15) is 21.7 Å². The highest BCUT2D eigenvalue weighted by molar-refractivity contribution is 7.90. The number of thiazole rings is 1. The van der Waals surface area contributed by atoms with Gasteiger partial charge in [-0.15, -0.1) is 0 Å². The Bertz CT molecular complexity index is 1040. The molecule has 3 rings (SSSR count). The van der Waals surface area contributed by atoms with Crippen molar-refractivity contribution in [2.75, 3.05) is 25.3 Å². The zero-order valence-electron chi connectivity index (χ0n) is 15.5. The molecule has 0 radical (unpaired) electrons. The lowest BCUT2D eigenvalue weighted by molar-refractivity contribution is -0.115. The van der Waals surface area contributed by atoms with E-state index >= 15 is 0 Å². The maximum atomic E-state index is 12.2. The molecule has 0 unspecified atom stereocenters. The predicted octanol–water partition coefficient (Wildman–Crippen LogP) is 3.26. The summed E-state index contributed by atoms with van der Waals surface area (Å²) >= 11 is 1.24. The van der Waals surface area contributed by atoms with Gasteiger partial charge in [-0.1, -0.05) is 41.7 Å². The van der Waals surface area contributed by atoms with Gasteiger partial charge in [-0.05, 0) is 17.7 Å². The summed E-state index contributed by atoms with van der Waals surface area (Å²) < 4.78 is 35.8. The summed E-state index contributed by atoms with van der Waals surface area (Å²) in [5.74, 6) is 0.466. The maximum Gasteiger partial charge on any atom is 0.227 e. The summed E-state index contributed by atoms with van der Waals surface area (Å²) in [5, 5.41) is 3.03. The number of carbonyl (C=O) groups excluding carboxylic acids is 1. The van der Waals surface area contributed by atoms with E-state index in [9.17, 15) is 13.2 Å². The fraction of sp³-hybridized carbons (Fsp3) is 0.263. The molecule has 28 heavy (non-hydrogen) atoms. The van der Waals surface area contributed by atoms with Crippen LogP contribution in [0.15, 0.2) is 42.5 Å². The fourth-order valence-electron chi connectivity index (χ4n) is 2.67. The van der Waals surface area contributed by atoms with Crippen LogP contribution >= 0.6 is 11.3 Å². The maximum absolute atomic E-state index is 12.2. The number of hydrogen-bond donors (Lipinski definition) is 1. The number of fused-ring (bicyclic) bond motifs is 1. The molecular formula is C19H20N2O5S2. The van der Waals surface area contributed by atoms with Crippen LogP contribution < -0.4 is 14.8 Å². The molecule has 1 aromatic heterocycles. The minimum Gasteiger partial charge on any atom is -0.495 e. The molecule has 0 spiro atoms. The first-order valence-corrected chi connectivity index (χ1v) is 11.1. The van der Waals surface area contributed by atoms with Crippen LogP contribution in [-0.2, 0) is 20.4 Å². The molecule has 1 amide bonds. The van der Waals surface area contributed by atoms with Crippen molar-refractivity contribution in [3.8, 4) is 11.5 Å². The van der Waals surface area contributed by atoms with Gasteiger partial charge in [-0.25, -0.2) is 13.4 Å². The van der Waals surface area contributed by atoms with Gasteiger partial charge >= 0.3 is 0 Å². The molecule has 0 fully saturated rings. The SMILES string of the molecule is COc1ccc(OC)c2sc(NC(=O)CCS(=O)(=O)Cc3ccccc3)nc12. The predicted molar refractivity (Wildman–Crippen MR) is 110 cm³/mol. The number of carbonyl (C=O) groups is 1. The lowest BCUT2D eigenvalue weighted by Gasteiger charge is -2.04. The van der Waals surface area contributed by atoms with E-state index in [4.69, 9.17) is 9.47 Å². The van der Waals surface area contributed by atoms with Gasteiger partial charge in [0, 0.05) is 6.42 Å². The first-order valence-electron chi connectivity index (χ1n) is 8.47. The van der Waals surface area contributed by atoms with E-state index in [0.717, 1.165) is 4.70 Å². The molecule has 0 atom stereocenters. The van der Waals surface area contributed by atoms with E-state index in [1.165, 1.54) is 18.4 Å². The number of methoxy groups -OCH3 is 2. The molecule has 0 bridgehead atoms. The summed E-state index contributed by atoms with van der Waals surface area (Å²) in [6.45, 7) is 0. The number of hydrogen-bond acceptors (Lipinski definition) is 7. The molecule has 0 aliphatic rings. The van der Waals surface area contributed by atoms with Crippen molar-refractivity contribution in [2.24, 2.45) is 0 Å². The summed E-state index contributed by atoms with van der Waals surface area (Å²) in [4.78, 5) is 16.6. The lowest BCUT2D eigenvalue weighted by Crippen LogP contribution is -2.18. The molecule has 0 saturated carbocycles. The molecule has 0 aliphatic carbocycles. The Morgan fingerprint density at radius 3 is 2.43 bits per heavy atom. The number of ether oxygens (including phenoxy) is 2. The van der Waals surface area contributed by atoms with Gasteiger partial charge in [-0.2, -0.15) is 0 Å². The number of amides is 1. The van der Waals surface area contributed by atoms with Gasteiger partial charge in [0.2, 0.25) is 5.91 Å². The van der Waals surface area contributed by atoms with Gasteiger partial charge in [-0.3, -0.25) is 4.79 Å². The highest BCUT2D eigenvalue weighted by Crippen LogP contribution is 2.38. The van der Waals surface area contributed by atoms with Crippen molar-refractivity contribution in [3.05, 3.63) is 48.0 Å². The van der Waals surface area contributed by atoms with Crippen molar-refractivity contribution < 1.29 is 22.7 Å². The van der Waals surface area contributed by atoms with Crippen molar-refractivity contribution in [2.45, 2.75) is 12.2 Å². The molecule has 7 nitrogen and oxygen atoms in total. The molecule has 0 aliphatic heterocycles. The van der Waals surface area contributed by atoms with Crippen molar-refractivity contribution in [1.29, 1.82) is 0 Å². The third-order valence-electron chi connectivity index (χ3n) is 4.03. The van der Waals surface area contributed by atoms with E-state index in [-0.39, 0.29) is 17.9 Å². The number of sulfone groups is 1. The Hall–Kier alpha value is -2.65. The largest absolute Gasteiger partial charge is 0.495 e. The second-order valence-electron chi connectivity index (χ2n) is 6.04. The Balaban J connectivity index is 1.66. The molecule has 1 heterocycles. The average Bonchev–Trinajstić information content (AvgIpc) is 3.09. The third kappa shape index (κ3) is 4.79. The zero-order valence-corrected chi connectivity index (χ0v) is 17.1. The number of nitrogens with one attached hydrogen (secondary N) is 1. The molecule has 9 heteroatoms. The number of nitrogens with zero attached hydrogens (tertiary/aromatic N) is 1. The first-order chi connectivity index (χ1) is 13.4. The molecule has 0 saturated heterocycles. The number of aromatic nitrogens is 1. The van der Waals surface area contributed by atoms with Crippen LogP contribution in [0.5, 0.6) is 11.5 Å². The second-order valence-corrected chi connectivity index (χ2v) is 9.23. The summed E-state index contributed by atoms with van der Waals surface area (Å²) in [7, 11) is -0.295. The average molecular weight is 421 g/mol. The van der Waals surface area contributed by atoms with Gasteiger partial charge in [0.05, 0.1) is 25.7 Å². The van der Waals surface area contributed by atoms with Crippen LogP contribution in [0, 0.1) is 0 Å². The topological polar surface area (TPSA) is 94.6 Å². The first kappa shape index (κ1) is 20.1. The summed E-state index contributed by atoms with van der Waals surface area (Å²) in [5.41, 5.74) is 1.28. The van der Waals surface area contributed by atoms with Crippen LogP contribution in [-0.4, -0.2) is 39.3 Å². The molecular weight excluding hydrogens is 400 g/mol. The quantitative estimate of drug-likeness (QED) is 0.601. The highest BCUT2D eigenvalue weighted by Gasteiger charge is 2.18. The van der Waals surface area contributed by atoms with Gasteiger partial charge < -0.3 is 14.8 Å². The van der Waals surface area contributed by atoms with E-state index < -0.39 is 15.7 Å². The second kappa shape index (κ2) is 8.57. The summed E-state index contributed by atoms with van der Waals surface area (Å²) in [6, 6.07) is 12.4. The van der Waals surface area contributed by atoms with Gasteiger partial charge in [0.15, 0.2) is 15.0 Å². The van der Waals surface area contributed by atoms with E-state index in [1.54, 1.807) is 43.5 Å². The Kier molecular flexibility index (Phi) is 6.15. The van der Waals surface area contributed by atoms with Crippen LogP contribution in [0.25, 0.3) is 10.2 Å². The number of rotatable bonds is 8. The zero-order chi connectivity index (χ0) is 20.1. The van der Waals surface area contributed by atoms with Crippen LogP contribution in [0.3, 0.4) is 0 Å².